The number of rotatable bonds is 4. The van der Waals surface area contributed by atoms with Crippen LogP contribution in [-0.4, -0.2) is 11.2 Å². The molecular formula is C28H20N2. The lowest BCUT2D eigenvalue weighted by atomic mass is 10.1. The van der Waals surface area contributed by atoms with E-state index in [-0.39, 0.29) is 0 Å². The number of aromatic nitrogens is 1. The summed E-state index contributed by atoms with van der Waals surface area (Å²) >= 11 is 0. The summed E-state index contributed by atoms with van der Waals surface area (Å²) in [7, 11) is 0. The van der Waals surface area contributed by atoms with E-state index in [0.717, 1.165) is 27.9 Å². The molecule has 5 aromatic rings. The van der Waals surface area contributed by atoms with E-state index in [9.17, 15) is 0 Å². The fraction of sp³-hybridized carbons (Fsp3) is 0. The van der Waals surface area contributed by atoms with Crippen molar-refractivity contribution in [2.24, 2.45) is 4.99 Å². The molecule has 2 heteroatoms. The van der Waals surface area contributed by atoms with E-state index in [2.05, 4.69) is 77.8 Å². The molecule has 30 heavy (non-hydrogen) atoms. The Morgan fingerprint density at radius 1 is 0.567 bits per heavy atom. The standard InChI is InChI=1S/C28H20N2/c1-4-13-25-21(8-1)11-7-12-24(25)20-30-27-15-6-3-10-23(27)16-17-28-26-14-5-2-9-22(26)18-19-29-28/h1-20H. The molecule has 5 rings (SSSR count). The smallest absolute Gasteiger partial charge is 0.0708 e. The highest BCUT2D eigenvalue weighted by atomic mass is 14.7. The van der Waals surface area contributed by atoms with Crippen molar-refractivity contribution >= 4 is 45.6 Å². The highest BCUT2D eigenvalue weighted by molar-refractivity contribution is 6.00. The summed E-state index contributed by atoms with van der Waals surface area (Å²) in [5, 5.41) is 4.76. The molecule has 0 saturated heterocycles. The van der Waals surface area contributed by atoms with Crippen LogP contribution in [0.3, 0.4) is 0 Å². The van der Waals surface area contributed by atoms with Crippen molar-refractivity contribution in [3.63, 3.8) is 0 Å². The molecular weight excluding hydrogens is 364 g/mol. The Kier molecular flexibility index (Phi) is 4.89. The van der Waals surface area contributed by atoms with Gasteiger partial charge in [-0.1, -0.05) is 91.0 Å². The Bertz CT molecular complexity index is 1280. The molecule has 1 heterocycles. The Morgan fingerprint density at radius 3 is 2.13 bits per heavy atom. The van der Waals surface area contributed by atoms with E-state index >= 15 is 0 Å². The van der Waals surface area contributed by atoms with E-state index in [4.69, 9.17) is 4.99 Å². The Labute approximate surface area is 175 Å². The summed E-state index contributed by atoms with van der Waals surface area (Å²) in [6.07, 6.45) is 7.96. The Morgan fingerprint density at radius 2 is 1.23 bits per heavy atom. The van der Waals surface area contributed by atoms with Crippen LogP contribution in [0.4, 0.5) is 5.69 Å². The molecule has 0 aliphatic heterocycles. The highest BCUT2D eigenvalue weighted by Gasteiger charge is 2.01. The lowest BCUT2D eigenvalue weighted by Crippen LogP contribution is -1.85. The number of aliphatic imine (C=N–C) groups is 1. The van der Waals surface area contributed by atoms with Crippen molar-refractivity contribution < 1.29 is 0 Å². The molecule has 2 nitrogen and oxygen atoms in total. The molecule has 0 radical (unpaired) electrons. The first-order valence-corrected chi connectivity index (χ1v) is 10.0. The van der Waals surface area contributed by atoms with E-state index in [1.807, 2.05) is 48.8 Å². The minimum absolute atomic E-state index is 0.932. The van der Waals surface area contributed by atoms with Gasteiger partial charge in [-0.2, -0.15) is 0 Å². The van der Waals surface area contributed by atoms with Crippen molar-refractivity contribution in [2.75, 3.05) is 0 Å². The van der Waals surface area contributed by atoms with Gasteiger partial charge in [0.15, 0.2) is 0 Å². The molecule has 0 aliphatic carbocycles. The minimum Gasteiger partial charge on any atom is -0.256 e. The number of hydrogen-bond donors (Lipinski definition) is 0. The molecule has 0 spiro atoms. The SMILES string of the molecule is C(=Cc1nccc2ccccc12)c1ccccc1N=Cc1cccc2ccccc12. The second-order valence-corrected chi connectivity index (χ2v) is 7.14. The second-order valence-electron chi connectivity index (χ2n) is 7.14. The van der Waals surface area contributed by atoms with Gasteiger partial charge in [0, 0.05) is 28.9 Å². The molecule has 0 unspecified atom stereocenters. The monoisotopic (exact) mass is 384 g/mol. The number of nitrogens with zero attached hydrogens (tertiary/aromatic N) is 2. The summed E-state index contributed by atoms with van der Waals surface area (Å²) in [6, 6.07) is 33.2. The molecule has 1 aromatic heterocycles. The molecule has 0 atom stereocenters. The van der Waals surface area contributed by atoms with Crippen molar-refractivity contribution in [3.05, 3.63) is 120 Å². The maximum Gasteiger partial charge on any atom is 0.0708 e. The lowest BCUT2D eigenvalue weighted by molar-refractivity contribution is 1.33. The van der Waals surface area contributed by atoms with Gasteiger partial charge in [0.1, 0.15) is 0 Å². The second kappa shape index (κ2) is 8.14. The molecule has 0 fully saturated rings. The fourth-order valence-corrected chi connectivity index (χ4v) is 3.69. The third kappa shape index (κ3) is 3.63. The van der Waals surface area contributed by atoms with Crippen LogP contribution >= 0.6 is 0 Å². The van der Waals surface area contributed by atoms with Gasteiger partial charge in [-0.15, -0.1) is 0 Å². The topological polar surface area (TPSA) is 25.2 Å². The number of benzene rings is 4. The van der Waals surface area contributed by atoms with E-state index in [0.29, 0.717) is 0 Å². The number of pyridine rings is 1. The first kappa shape index (κ1) is 18.0. The van der Waals surface area contributed by atoms with Crippen LogP contribution in [0.15, 0.2) is 108 Å². The largest absolute Gasteiger partial charge is 0.256 e. The van der Waals surface area contributed by atoms with Gasteiger partial charge in [-0.3, -0.25) is 9.98 Å². The lowest BCUT2D eigenvalue weighted by Gasteiger charge is -2.04. The number of fused-ring (bicyclic) bond motifs is 2. The Balaban J connectivity index is 1.50. The van der Waals surface area contributed by atoms with Crippen LogP contribution in [0.5, 0.6) is 0 Å². The van der Waals surface area contributed by atoms with E-state index in [1.165, 1.54) is 16.2 Å². The zero-order chi connectivity index (χ0) is 20.2. The average Bonchev–Trinajstić information content (AvgIpc) is 2.82. The third-order valence-corrected chi connectivity index (χ3v) is 5.23. The van der Waals surface area contributed by atoms with Gasteiger partial charge in [0.25, 0.3) is 0 Å². The number of hydrogen-bond acceptors (Lipinski definition) is 2. The van der Waals surface area contributed by atoms with Crippen molar-refractivity contribution in [1.82, 2.24) is 4.98 Å². The van der Waals surface area contributed by atoms with Gasteiger partial charge in [-0.25, -0.2) is 0 Å². The van der Waals surface area contributed by atoms with Gasteiger partial charge in [0.2, 0.25) is 0 Å². The summed E-state index contributed by atoms with van der Waals surface area (Å²) < 4.78 is 0. The van der Waals surface area contributed by atoms with Gasteiger partial charge in [-0.05, 0) is 34.4 Å². The van der Waals surface area contributed by atoms with Gasteiger partial charge < -0.3 is 0 Å². The molecule has 0 amide bonds. The zero-order valence-electron chi connectivity index (χ0n) is 16.4. The molecule has 0 saturated carbocycles. The predicted octanol–water partition coefficient (Wildman–Crippen LogP) is 7.31. The van der Waals surface area contributed by atoms with Crippen molar-refractivity contribution in [1.29, 1.82) is 0 Å². The van der Waals surface area contributed by atoms with Crippen LogP contribution < -0.4 is 0 Å². The maximum atomic E-state index is 4.80. The van der Waals surface area contributed by atoms with Gasteiger partial charge >= 0.3 is 0 Å². The van der Waals surface area contributed by atoms with Crippen LogP contribution in [0.2, 0.25) is 0 Å². The first-order valence-electron chi connectivity index (χ1n) is 10.0. The normalized spacial score (nSPS) is 11.7. The van der Waals surface area contributed by atoms with Gasteiger partial charge in [0.05, 0.1) is 11.4 Å². The summed E-state index contributed by atoms with van der Waals surface area (Å²) in [6.45, 7) is 0. The number of para-hydroxylation sites is 1. The first-order chi connectivity index (χ1) is 14.9. The van der Waals surface area contributed by atoms with E-state index in [1.54, 1.807) is 0 Å². The van der Waals surface area contributed by atoms with Crippen molar-refractivity contribution in [2.45, 2.75) is 0 Å². The quantitative estimate of drug-likeness (QED) is 0.298. The average molecular weight is 384 g/mol. The molecule has 0 aliphatic rings. The predicted molar refractivity (Wildman–Crippen MR) is 128 cm³/mol. The summed E-state index contributed by atoms with van der Waals surface area (Å²) in [5.41, 5.74) is 4.06. The van der Waals surface area contributed by atoms with E-state index < -0.39 is 0 Å². The van der Waals surface area contributed by atoms with Crippen LogP contribution in [0.1, 0.15) is 16.8 Å². The molecule has 142 valence electrons. The third-order valence-electron chi connectivity index (χ3n) is 5.23. The summed E-state index contributed by atoms with van der Waals surface area (Å²) in [4.78, 5) is 9.36. The molecule has 4 aromatic carbocycles. The summed E-state index contributed by atoms with van der Waals surface area (Å²) in [5.74, 6) is 0. The molecule has 0 N–H and O–H groups in total. The van der Waals surface area contributed by atoms with Crippen LogP contribution in [-0.2, 0) is 0 Å². The van der Waals surface area contributed by atoms with Crippen LogP contribution in [0.25, 0.3) is 33.7 Å². The molecule has 0 bridgehead atoms. The Hall–Kier alpha value is -4.04. The van der Waals surface area contributed by atoms with Crippen molar-refractivity contribution in [3.8, 4) is 0 Å². The minimum atomic E-state index is 0.932. The van der Waals surface area contributed by atoms with Crippen LogP contribution in [0, 0.1) is 0 Å². The zero-order valence-corrected chi connectivity index (χ0v) is 16.4. The highest BCUT2D eigenvalue weighted by Crippen LogP contribution is 2.24. The fourth-order valence-electron chi connectivity index (χ4n) is 3.69. The maximum absolute atomic E-state index is 4.80.